The van der Waals surface area contributed by atoms with Crippen LogP contribution in [-0.4, -0.2) is 71.5 Å². The average molecular weight is 398 g/mol. The lowest BCUT2D eigenvalue weighted by Crippen LogP contribution is -2.50. The molecule has 0 aliphatic carbocycles. The first-order valence-electron chi connectivity index (χ1n) is 10.1. The lowest BCUT2D eigenvalue weighted by molar-refractivity contribution is 0.0636. The second-order valence-electron chi connectivity index (χ2n) is 7.65. The summed E-state index contributed by atoms with van der Waals surface area (Å²) in [5, 5.41) is 0. The number of piperidine rings is 1. The highest BCUT2D eigenvalue weighted by Gasteiger charge is 2.27. The van der Waals surface area contributed by atoms with Crippen LogP contribution < -0.4 is 4.90 Å². The Morgan fingerprint density at radius 3 is 2.75 bits per heavy atom. The number of H-pyrrole nitrogens is 1. The molecule has 7 heteroatoms. The molecule has 1 N–H and O–H groups in total. The Bertz CT molecular complexity index is 847. The first-order valence-corrected chi connectivity index (χ1v) is 10.5. The summed E-state index contributed by atoms with van der Waals surface area (Å²) in [5.41, 5.74) is 0.613. The molecule has 1 atom stereocenters. The highest BCUT2D eigenvalue weighted by molar-refractivity contribution is 7.71. The third kappa shape index (κ3) is 4.42. The van der Waals surface area contributed by atoms with Gasteiger partial charge in [0, 0.05) is 58.2 Å². The second kappa shape index (κ2) is 8.84. The molecule has 2 aromatic heterocycles. The molecule has 0 spiro atoms. The molecule has 0 unspecified atom stereocenters. The predicted octanol–water partition coefficient (Wildman–Crippen LogP) is 2.81. The van der Waals surface area contributed by atoms with Gasteiger partial charge in [-0.05, 0) is 43.0 Å². The largest absolute Gasteiger partial charge is 0.354 e. The zero-order valence-electron chi connectivity index (χ0n) is 16.1. The number of aromatic nitrogens is 2. The van der Waals surface area contributed by atoms with Gasteiger partial charge in [-0.3, -0.25) is 9.69 Å². The van der Waals surface area contributed by atoms with Crippen molar-refractivity contribution < 1.29 is 4.79 Å². The number of hydrogen-bond acceptors (Lipinski definition) is 5. The Balaban J connectivity index is 1.30. The number of anilines is 1. The number of aromatic amines is 1. The molecule has 2 aromatic rings. The molecule has 0 bridgehead atoms. The molecule has 28 heavy (non-hydrogen) atoms. The van der Waals surface area contributed by atoms with Crippen molar-refractivity contribution in [2.24, 2.45) is 5.92 Å². The number of pyridine rings is 2. The van der Waals surface area contributed by atoms with E-state index in [0.717, 1.165) is 58.1 Å². The first-order chi connectivity index (χ1) is 13.7. The minimum atomic E-state index is 0.0616. The molecule has 2 saturated heterocycles. The Labute approximate surface area is 171 Å². The molecule has 4 rings (SSSR count). The fourth-order valence-electron chi connectivity index (χ4n) is 4.22. The van der Waals surface area contributed by atoms with Crippen LogP contribution in [0.4, 0.5) is 5.82 Å². The highest BCUT2D eigenvalue weighted by Crippen LogP contribution is 2.21. The van der Waals surface area contributed by atoms with Gasteiger partial charge in [-0.25, -0.2) is 4.98 Å². The lowest BCUT2D eigenvalue weighted by atomic mass is 9.96. The summed E-state index contributed by atoms with van der Waals surface area (Å²) in [6.45, 7) is 6.81. The van der Waals surface area contributed by atoms with E-state index in [2.05, 4.69) is 25.8 Å². The summed E-state index contributed by atoms with van der Waals surface area (Å²) >= 11 is 5.29. The van der Waals surface area contributed by atoms with Crippen molar-refractivity contribution in [3.63, 3.8) is 0 Å². The second-order valence-corrected chi connectivity index (χ2v) is 8.06. The summed E-state index contributed by atoms with van der Waals surface area (Å²) in [4.78, 5) is 27.2. The molecule has 2 aliphatic rings. The maximum atomic E-state index is 12.9. The van der Waals surface area contributed by atoms with Crippen LogP contribution >= 0.6 is 12.2 Å². The Morgan fingerprint density at radius 2 is 2.00 bits per heavy atom. The molecule has 6 nitrogen and oxygen atoms in total. The van der Waals surface area contributed by atoms with Gasteiger partial charge in [0.15, 0.2) is 0 Å². The molecule has 2 aliphatic heterocycles. The van der Waals surface area contributed by atoms with Crippen molar-refractivity contribution >= 4 is 23.9 Å². The van der Waals surface area contributed by atoms with Crippen molar-refractivity contribution in [2.45, 2.75) is 12.8 Å². The van der Waals surface area contributed by atoms with Gasteiger partial charge in [-0.15, -0.1) is 0 Å². The molecule has 2 fully saturated rings. The summed E-state index contributed by atoms with van der Waals surface area (Å²) in [5.74, 6) is 1.66. The van der Waals surface area contributed by atoms with Crippen molar-refractivity contribution in [1.29, 1.82) is 0 Å². The number of piperazine rings is 1. The summed E-state index contributed by atoms with van der Waals surface area (Å²) in [6, 6.07) is 9.74. The van der Waals surface area contributed by atoms with Crippen LogP contribution in [0, 0.1) is 10.6 Å². The molecular formula is C21H27N5OS. The van der Waals surface area contributed by atoms with Crippen molar-refractivity contribution in [2.75, 3.05) is 50.7 Å². The van der Waals surface area contributed by atoms with E-state index >= 15 is 0 Å². The summed E-state index contributed by atoms with van der Waals surface area (Å²) in [6.07, 6.45) is 5.87. The van der Waals surface area contributed by atoms with Gasteiger partial charge >= 0.3 is 0 Å². The average Bonchev–Trinajstić information content (AvgIpc) is 2.75. The van der Waals surface area contributed by atoms with E-state index in [1.54, 1.807) is 6.20 Å². The molecule has 0 saturated carbocycles. The summed E-state index contributed by atoms with van der Waals surface area (Å²) in [7, 11) is 0. The van der Waals surface area contributed by atoms with Crippen LogP contribution in [-0.2, 0) is 0 Å². The van der Waals surface area contributed by atoms with E-state index in [1.807, 2.05) is 35.4 Å². The van der Waals surface area contributed by atoms with Gasteiger partial charge in [-0.2, -0.15) is 0 Å². The SMILES string of the molecule is O=C(c1ccc[nH]c1=S)N1CCC[C@H](CN2CCN(c3ccccn3)CC2)C1. The van der Waals surface area contributed by atoms with E-state index in [1.165, 1.54) is 6.42 Å². The number of carbonyl (C=O) groups excluding carboxylic acids is 1. The number of nitrogens with zero attached hydrogens (tertiary/aromatic N) is 4. The Morgan fingerprint density at radius 1 is 1.14 bits per heavy atom. The van der Waals surface area contributed by atoms with Crippen molar-refractivity contribution in [3.8, 4) is 0 Å². The smallest absolute Gasteiger partial charge is 0.256 e. The number of hydrogen-bond donors (Lipinski definition) is 1. The van der Waals surface area contributed by atoms with Crippen molar-refractivity contribution in [1.82, 2.24) is 19.8 Å². The molecule has 1 amide bonds. The van der Waals surface area contributed by atoms with E-state index in [9.17, 15) is 4.79 Å². The van der Waals surface area contributed by atoms with Gasteiger partial charge in [0.25, 0.3) is 5.91 Å². The fourth-order valence-corrected chi connectivity index (χ4v) is 4.45. The zero-order chi connectivity index (χ0) is 19.3. The van der Waals surface area contributed by atoms with Gasteiger partial charge < -0.3 is 14.8 Å². The number of likely N-dealkylation sites (tertiary alicyclic amines) is 1. The maximum Gasteiger partial charge on any atom is 0.256 e. The summed E-state index contributed by atoms with van der Waals surface area (Å²) < 4.78 is 0.528. The molecule has 148 valence electrons. The molecule has 0 aromatic carbocycles. The quantitative estimate of drug-likeness (QED) is 0.804. The van der Waals surface area contributed by atoms with Crippen LogP contribution in [0.5, 0.6) is 0 Å². The van der Waals surface area contributed by atoms with Gasteiger partial charge in [0.05, 0.1) is 5.56 Å². The van der Waals surface area contributed by atoms with Crippen molar-refractivity contribution in [3.05, 3.63) is 52.9 Å². The van der Waals surface area contributed by atoms with Crippen LogP contribution in [0.25, 0.3) is 0 Å². The number of rotatable bonds is 4. The normalized spacial score (nSPS) is 20.9. The third-order valence-corrected chi connectivity index (χ3v) is 6.05. The maximum absolute atomic E-state index is 12.9. The number of carbonyl (C=O) groups is 1. The lowest BCUT2D eigenvalue weighted by Gasteiger charge is -2.39. The zero-order valence-corrected chi connectivity index (χ0v) is 16.9. The monoisotopic (exact) mass is 397 g/mol. The fraction of sp³-hybridized carbons (Fsp3) is 0.476. The molecule has 0 radical (unpaired) electrons. The van der Waals surface area contributed by atoms with Gasteiger partial charge in [0.2, 0.25) is 0 Å². The van der Waals surface area contributed by atoms with Gasteiger partial charge in [0.1, 0.15) is 10.5 Å². The Hall–Kier alpha value is -2.25. The van der Waals surface area contributed by atoms with E-state index in [4.69, 9.17) is 12.2 Å². The van der Waals surface area contributed by atoms with E-state index in [-0.39, 0.29) is 5.91 Å². The van der Waals surface area contributed by atoms with Gasteiger partial charge in [-0.1, -0.05) is 18.3 Å². The number of nitrogens with one attached hydrogen (secondary N) is 1. The molecule has 4 heterocycles. The van der Waals surface area contributed by atoms with Crippen LogP contribution in [0.2, 0.25) is 0 Å². The first kappa shape index (κ1) is 19.1. The highest BCUT2D eigenvalue weighted by atomic mass is 32.1. The number of amides is 1. The van der Waals surface area contributed by atoms with Crippen LogP contribution in [0.3, 0.4) is 0 Å². The third-order valence-electron chi connectivity index (χ3n) is 5.72. The molecular weight excluding hydrogens is 370 g/mol. The predicted molar refractivity (Wildman–Crippen MR) is 113 cm³/mol. The van der Waals surface area contributed by atoms with E-state index < -0.39 is 0 Å². The van der Waals surface area contributed by atoms with Crippen LogP contribution in [0.15, 0.2) is 42.7 Å². The standard InChI is InChI=1S/C21H27N5OS/c27-21(18-6-3-9-23-20(18)28)26-10-4-5-17(16-26)15-24-11-13-25(14-12-24)19-7-1-2-8-22-19/h1-3,6-9,17H,4-5,10-16H2,(H,23,28)/t17-/m1/s1. The Kier molecular flexibility index (Phi) is 6.02. The minimum absolute atomic E-state index is 0.0616. The van der Waals surface area contributed by atoms with Crippen LogP contribution in [0.1, 0.15) is 23.2 Å². The topological polar surface area (TPSA) is 55.5 Å². The van der Waals surface area contributed by atoms with E-state index in [0.29, 0.717) is 16.1 Å². The minimum Gasteiger partial charge on any atom is -0.354 e.